The predicted molar refractivity (Wildman–Crippen MR) is 50.6 cm³/mol. The standard InChI is InChI=1S/C11H16O/c1-3-7-10-8-5-6-9-11(10,12)4-2/h1,4,10,12H,2,5-9H2/t10-,11+/m1/s1. The van der Waals surface area contributed by atoms with Gasteiger partial charge in [0.25, 0.3) is 0 Å². The third-order valence-electron chi connectivity index (χ3n) is 2.80. The van der Waals surface area contributed by atoms with Gasteiger partial charge in [-0.3, -0.25) is 0 Å². The van der Waals surface area contributed by atoms with E-state index in [-0.39, 0.29) is 5.92 Å². The second-order valence-corrected chi connectivity index (χ2v) is 3.55. The summed E-state index contributed by atoms with van der Waals surface area (Å²) in [7, 11) is 0. The van der Waals surface area contributed by atoms with Gasteiger partial charge in [0, 0.05) is 12.3 Å². The SMILES string of the molecule is C#CC[C@@H]1CCCC[C@@]1(O)C=C. The lowest BCUT2D eigenvalue weighted by Gasteiger charge is -2.36. The Morgan fingerprint density at radius 1 is 1.67 bits per heavy atom. The number of aliphatic hydroxyl groups is 1. The van der Waals surface area contributed by atoms with Crippen molar-refractivity contribution in [1.29, 1.82) is 0 Å². The van der Waals surface area contributed by atoms with E-state index in [1.165, 1.54) is 6.42 Å². The molecule has 0 aliphatic heterocycles. The number of hydrogen-bond donors (Lipinski definition) is 1. The molecule has 0 saturated heterocycles. The highest BCUT2D eigenvalue weighted by Crippen LogP contribution is 2.36. The van der Waals surface area contributed by atoms with Gasteiger partial charge in [-0.15, -0.1) is 18.9 Å². The van der Waals surface area contributed by atoms with E-state index in [2.05, 4.69) is 12.5 Å². The zero-order chi connectivity index (χ0) is 9.03. The highest BCUT2D eigenvalue weighted by Gasteiger charge is 2.35. The van der Waals surface area contributed by atoms with Gasteiger partial charge in [0.1, 0.15) is 0 Å². The summed E-state index contributed by atoms with van der Waals surface area (Å²) in [6.07, 6.45) is 11.7. The van der Waals surface area contributed by atoms with Gasteiger partial charge in [-0.25, -0.2) is 0 Å². The van der Waals surface area contributed by atoms with Crippen molar-refractivity contribution in [3.8, 4) is 12.3 Å². The van der Waals surface area contributed by atoms with E-state index in [9.17, 15) is 5.11 Å². The maximum atomic E-state index is 10.1. The molecule has 1 rings (SSSR count). The Morgan fingerprint density at radius 2 is 2.42 bits per heavy atom. The highest BCUT2D eigenvalue weighted by molar-refractivity contribution is 5.05. The first kappa shape index (κ1) is 9.35. The molecule has 1 nitrogen and oxygen atoms in total. The van der Waals surface area contributed by atoms with Gasteiger partial charge in [-0.1, -0.05) is 18.9 Å². The Labute approximate surface area is 74.5 Å². The Balaban J connectivity index is 2.67. The van der Waals surface area contributed by atoms with Crippen LogP contribution in [0.4, 0.5) is 0 Å². The van der Waals surface area contributed by atoms with Crippen molar-refractivity contribution in [2.75, 3.05) is 0 Å². The van der Waals surface area contributed by atoms with Crippen molar-refractivity contribution in [3.05, 3.63) is 12.7 Å². The first-order chi connectivity index (χ1) is 5.73. The topological polar surface area (TPSA) is 20.2 Å². The summed E-state index contributed by atoms with van der Waals surface area (Å²) < 4.78 is 0. The second kappa shape index (κ2) is 3.78. The van der Waals surface area contributed by atoms with Gasteiger partial charge in [0.15, 0.2) is 0 Å². The van der Waals surface area contributed by atoms with Crippen LogP contribution in [0.5, 0.6) is 0 Å². The zero-order valence-electron chi connectivity index (χ0n) is 7.42. The molecule has 12 heavy (non-hydrogen) atoms. The lowest BCUT2D eigenvalue weighted by molar-refractivity contribution is -0.00218. The van der Waals surface area contributed by atoms with Gasteiger partial charge in [-0.2, -0.15) is 0 Å². The lowest BCUT2D eigenvalue weighted by atomic mass is 9.74. The van der Waals surface area contributed by atoms with Crippen molar-refractivity contribution < 1.29 is 5.11 Å². The van der Waals surface area contributed by atoms with Crippen LogP contribution in [0.1, 0.15) is 32.1 Å². The van der Waals surface area contributed by atoms with Crippen LogP contribution in [0.2, 0.25) is 0 Å². The molecule has 0 aromatic carbocycles. The average Bonchev–Trinajstić information content (AvgIpc) is 2.10. The summed E-state index contributed by atoms with van der Waals surface area (Å²) in [5, 5.41) is 10.1. The third kappa shape index (κ3) is 1.70. The van der Waals surface area contributed by atoms with Crippen molar-refractivity contribution in [2.24, 2.45) is 5.92 Å². The first-order valence-electron chi connectivity index (χ1n) is 4.52. The number of rotatable bonds is 2. The van der Waals surface area contributed by atoms with Crippen LogP contribution in [-0.2, 0) is 0 Å². The molecule has 0 heterocycles. The van der Waals surface area contributed by atoms with E-state index in [1.807, 2.05) is 0 Å². The number of terminal acetylenes is 1. The fraction of sp³-hybridized carbons (Fsp3) is 0.636. The Morgan fingerprint density at radius 3 is 3.00 bits per heavy atom. The summed E-state index contributed by atoms with van der Waals surface area (Å²) in [6, 6.07) is 0. The van der Waals surface area contributed by atoms with E-state index < -0.39 is 5.60 Å². The van der Waals surface area contributed by atoms with Crippen molar-refractivity contribution >= 4 is 0 Å². The third-order valence-corrected chi connectivity index (χ3v) is 2.80. The quantitative estimate of drug-likeness (QED) is 0.489. The molecular formula is C11H16O. The molecule has 1 N–H and O–H groups in total. The molecule has 0 radical (unpaired) electrons. The van der Waals surface area contributed by atoms with E-state index in [1.54, 1.807) is 6.08 Å². The minimum Gasteiger partial charge on any atom is -0.385 e. The van der Waals surface area contributed by atoms with Crippen LogP contribution in [0.25, 0.3) is 0 Å². The average molecular weight is 164 g/mol. The van der Waals surface area contributed by atoms with Crippen molar-refractivity contribution in [1.82, 2.24) is 0 Å². The molecule has 0 amide bonds. The van der Waals surface area contributed by atoms with Crippen LogP contribution in [0.15, 0.2) is 12.7 Å². The van der Waals surface area contributed by atoms with E-state index >= 15 is 0 Å². The minimum atomic E-state index is -0.690. The van der Waals surface area contributed by atoms with E-state index in [0.717, 1.165) is 19.3 Å². The predicted octanol–water partition coefficient (Wildman–Crippen LogP) is 2.12. The van der Waals surface area contributed by atoms with Gasteiger partial charge in [0.2, 0.25) is 0 Å². The van der Waals surface area contributed by atoms with Crippen LogP contribution in [-0.4, -0.2) is 10.7 Å². The molecule has 1 aliphatic rings. The molecule has 0 spiro atoms. The van der Waals surface area contributed by atoms with E-state index in [4.69, 9.17) is 6.42 Å². The summed E-state index contributed by atoms with van der Waals surface area (Å²) in [5.74, 6) is 2.85. The largest absolute Gasteiger partial charge is 0.385 e. The smallest absolute Gasteiger partial charge is 0.0862 e. The van der Waals surface area contributed by atoms with Crippen molar-refractivity contribution in [2.45, 2.75) is 37.7 Å². The molecule has 2 atom stereocenters. The molecular weight excluding hydrogens is 148 g/mol. The molecule has 0 bridgehead atoms. The van der Waals surface area contributed by atoms with Crippen LogP contribution < -0.4 is 0 Å². The maximum Gasteiger partial charge on any atom is 0.0862 e. The van der Waals surface area contributed by atoms with Gasteiger partial charge >= 0.3 is 0 Å². The summed E-state index contributed by atoms with van der Waals surface area (Å²) >= 11 is 0. The molecule has 0 aromatic heterocycles. The molecule has 1 saturated carbocycles. The highest BCUT2D eigenvalue weighted by atomic mass is 16.3. The minimum absolute atomic E-state index is 0.230. The Bertz CT molecular complexity index is 202. The van der Waals surface area contributed by atoms with Crippen LogP contribution in [0, 0.1) is 18.3 Å². The Hall–Kier alpha value is -0.740. The normalized spacial score (nSPS) is 35.5. The van der Waals surface area contributed by atoms with Gasteiger partial charge in [-0.05, 0) is 12.8 Å². The monoisotopic (exact) mass is 164 g/mol. The molecule has 1 fully saturated rings. The number of hydrogen-bond acceptors (Lipinski definition) is 1. The van der Waals surface area contributed by atoms with Crippen LogP contribution >= 0.6 is 0 Å². The molecule has 0 aromatic rings. The summed E-state index contributed by atoms with van der Waals surface area (Å²) in [4.78, 5) is 0. The fourth-order valence-corrected chi connectivity index (χ4v) is 1.94. The second-order valence-electron chi connectivity index (χ2n) is 3.55. The summed E-state index contributed by atoms with van der Waals surface area (Å²) in [6.45, 7) is 3.67. The van der Waals surface area contributed by atoms with E-state index in [0.29, 0.717) is 6.42 Å². The fourth-order valence-electron chi connectivity index (χ4n) is 1.94. The molecule has 66 valence electrons. The molecule has 1 aliphatic carbocycles. The lowest BCUT2D eigenvalue weighted by Crippen LogP contribution is -2.38. The van der Waals surface area contributed by atoms with Crippen LogP contribution in [0.3, 0.4) is 0 Å². The summed E-state index contributed by atoms with van der Waals surface area (Å²) in [5.41, 5.74) is -0.690. The molecule has 1 heteroatoms. The Kier molecular flexibility index (Phi) is 2.94. The zero-order valence-corrected chi connectivity index (χ0v) is 7.42. The van der Waals surface area contributed by atoms with Crippen molar-refractivity contribution in [3.63, 3.8) is 0 Å². The molecule has 0 unspecified atom stereocenters. The maximum absolute atomic E-state index is 10.1. The first-order valence-corrected chi connectivity index (χ1v) is 4.52. The van der Waals surface area contributed by atoms with Gasteiger partial charge in [0.05, 0.1) is 5.60 Å². The van der Waals surface area contributed by atoms with Gasteiger partial charge < -0.3 is 5.11 Å².